The number of rotatable bonds is 8. The zero-order valence-electron chi connectivity index (χ0n) is 17.0. The van der Waals surface area contributed by atoms with E-state index in [9.17, 15) is 9.59 Å². The molecule has 7 heteroatoms. The molecule has 1 aromatic heterocycles. The number of hydrogen-bond donors (Lipinski definition) is 1. The quantitative estimate of drug-likeness (QED) is 0.681. The Labute approximate surface area is 168 Å². The third-order valence-electron chi connectivity index (χ3n) is 6.01. The standard InChI is InChI=1S/C21H34N4O3/c1-28-16-9-22-21(27)18-5-4-12-25(17-18)19-6-14-24(15-7-19)20(26)8-13-23-10-2-3-11-23/h2-3,10-11,18-19H,4-9,12-17H2,1H3,(H,22,27)/t18-/m1/s1. The number of carbonyl (C=O) groups is 2. The molecule has 1 aromatic rings. The maximum absolute atomic E-state index is 12.5. The van der Waals surface area contributed by atoms with Crippen molar-refractivity contribution in [1.82, 2.24) is 19.7 Å². The largest absolute Gasteiger partial charge is 0.383 e. The molecule has 0 aliphatic carbocycles. The van der Waals surface area contributed by atoms with Crippen molar-refractivity contribution in [1.29, 1.82) is 0 Å². The number of hydrogen-bond acceptors (Lipinski definition) is 4. The normalized spacial score (nSPS) is 21.6. The third kappa shape index (κ3) is 5.82. The van der Waals surface area contributed by atoms with Gasteiger partial charge in [-0.25, -0.2) is 0 Å². The molecule has 0 spiro atoms. The second-order valence-corrected chi connectivity index (χ2v) is 7.90. The van der Waals surface area contributed by atoms with Gasteiger partial charge in [0.2, 0.25) is 11.8 Å². The zero-order chi connectivity index (χ0) is 19.8. The van der Waals surface area contributed by atoms with Gasteiger partial charge in [-0.2, -0.15) is 0 Å². The van der Waals surface area contributed by atoms with Crippen molar-refractivity contribution in [2.24, 2.45) is 5.92 Å². The van der Waals surface area contributed by atoms with Crippen LogP contribution in [0.25, 0.3) is 0 Å². The van der Waals surface area contributed by atoms with E-state index in [1.165, 1.54) is 0 Å². The van der Waals surface area contributed by atoms with Crippen molar-refractivity contribution in [3.8, 4) is 0 Å². The van der Waals surface area contributed by atoms with E-state index < -0.39 is 0 Å². The molecule has 0 radical (unpaired) electrons. The highest BCUT2D eigenvalue weighted by Crippen LogP contribution is 2.24. The van der Waals surface area contributed by atoms with E-state index in [2.05, 4.69) is 14.8 Å². The van der Waals surface area contributed by atoms with Gasteiger partial charge in [0.25, 0.3) is 0 Å². The molecule has 156 valence electrons. The summed E-state index contributed by atoms with van der Waals surface area (Å²) in [6.45, 7) is 5.44. The van der Waals surface area contributed by atoms with Crippen LogP contribution in [0.15, 0.2) is 24.5 Å². The van der Waals surface area contributed by atoms with Crippen LogP contribution in [0, 0.1) is 5.92 Å². The second-order valence-electron chi connectivity index (χ2n) is 7.90. The first-order chi connectivity index (χ1) is 13.7. The van der Waals surface area contributed by atoms with Gasteiger partial charge in [-0.05, 0) is 44.4 Å². The Bertz CT molecular complexity index is 611. The fraction of sp³-hybridized carbons (Fsp3) is 0.714. The SMILES string of the molecule is COCCNC(=O)[C@@H]1CCCN(C2CCN(C(=O)CCn3cccc3)CC2)C1. The van der Waals surface area contributed by atoms with Gasteiger partial charge in [-0.1, -0.05) is 0 Å². The number of aromatic nitrogens is 1. The first-order valence-electron chi connectivity index (χ1n) is 10.6. The molecule has 1 atom stereocenters. The fourth-order valence-corrected chi connectivity index (χ4v) is 4.36. The molecule has 0 unspecified atom stereocenters. The van der Waals surface area contributed by atoms with Crippen LogP contribution in [0.2, 0.25) is 0 Å². The van der Waals surface area contributed by atoms with Crippen LogP contribution >= 0.6 is 0 Å². The molecule has 3 heterocycles. The molecular formula is C21H34N4O3. The third-order valence-corrected chi connectivity index (χ3v) is 6.01. The first-order valence-corrected chi connectivity index (χ1v) is 10.6. The summed E-state index contributed by atoms with van der Waals surface area (Å²) in [6, 6.07) is 4.46. The van der Waals surface area contributed by atoms with Crippen LogP contribution in [0.4, 0.5) is 0 Å². The minimum atomic E-state index is 0.0758. The van der Waals surface area contributed by atoms with Gasteiger partial charge in [-0.3, -0.25) is 14.5 Å². The average molecular weight is 391 g/mol. The number of piperidine rings is 2. The van der Waals surface area contributed by atoms with Gasteiger partial charge in [0, 0.05) is 64.7 Å². The molecule has 28 heavy (non-hydrogen) atoms. The Morgan fingerprint density at radius 1 is 1.11 bits per heavy atom. The monoisotopic (exact) mass is 390 g/mol. The van der Waals surface area contributed by atoms with Crippen molar-refractivity contribution in [2.75, 3.05) is 46.4 Å². The number of aryl methyl sites for hydroxylation is 1. The number of nitrogens with one attached hydrogen (secondary N) is 1. The lowest BCUT2D eigenvalue weighted by atomic mass is 9.93. The number of nitrogens with zero attached hydrogens (tertiary/aromatic N) is 3. The number of likely N-dealkylation sites (tertiary alicyclic amines) is 2. The van der Waals surface area contributed by atoms with Gasteiger partial charge < -0.3 is 19.5 Å². The van der Waals surface area contributed by atoms with E-state index in [0.29, 0.717) is 25.6 Å². The number of methoxy groups -OCH3 is 1. The van der Waals surface area contributed by atoms with E-state index in [-0.39, 0.29) is 17.7 Å². The summed E-state index contributed by atoms with van der Waals surface area (Å²) in [6.07, 6.45) is 8.60. The highest BCUT2D eigenvalue weighted by atomic mass is 16.5. The van der Waals surface area contributed by atoms with Gasteiger partial charge >= 0.3 is 0 Å². The van der Waals surface area contributed by atoms with Crippen molar-refractivity contribution in [3.05, 3.63) is 24.5 Å². The Hall–Kier alpha value is -1.86. The van der Waals surface area contributed by atoms with Gasteiger partial charge in [0.05, 0.1) is 12.5 Å². The van der Waals surface area contributed by atoms with Crippen molar-refractivity contribution in [3.63, 3.8) is 0 Å². The Balaban J connectivity index is 1.40. The topological polar surface area (TPSA) is 66.8 Å². The molecule has 0 bridgehead atoms. The van der Waals surface area contributed by atoms with E-state index in [1.807, 2.05) is 29.4 Å². The van der Waals surface area contributed by atoms with E-state index >= 15 is 0 Å². The number of amides is 2. The molecule has 7 nitrogen and oxygen atoms in total. The number of carbonyl (C=O) groups excluding carboxylic acids is 2. The summed E-state index contributed by atoms with van der Waals surface area (Å²) in [4.78, 5) is 29.3. The van der Waals surface area contributed by atoms with Crippen LogP contribution in [0.5, 0.6) is 0 Å². The van der Waals surface area contributed by atoms with E-state index in [0.717, 1.165) is 58.4 Å². The second kappa shape index (κ2) is 10.6. The Kier molecular flexibility index (Phi) is 7.91. The van der Waals surface area contributed by atoms with Crippen LogP contribution in [-0.4, -0.2) is 78.7 Å². The highest BCUT2D eigenvalue weighted by molar-refractivity contribution is 5.79. The average Bonchev–Trinajstić information content (AvgIpc) is 3.26. The van der Waals surface area contributed by atoms with Crippen molar-refractivity contribution < 1.29 is 14.3 Å². The summed E-state index contributed by atoms with van der Waals surface area (Å²) in [5.74, 6) is 0.479. The smallest absolute Gasteiger partial charge is 0.224 e. The van der Waals surface area contributed by atoms with Gasteiger partial charge in [0.1, 0.15) is 0 Å². The summed E-state index contributed by atoms with van der Waals surface area (Å²) in [5, 5.41) is 2.98. The predicted octanol–water partition coefficient (Wildman–Crippen LogP) is 1.34. The molecule has 0 aromatic carbocycles. The lowest BCUT2D eigenvalue weighted by molar-refractivity contribution is -0.133. The van der Waals surface area contributed by atoms with Gasteiger partial charge in [-0.15, -0.1) is 0 Å². The Morgan fingerprint density at radius 2 is 1.86 bits per heavy atom. The molecule has 1 N–H and O–H groups in total. The molecule has 2 fully saturated rings. The summed E-state index contributed by atoms with van der Waals surface area (Å²) in [5.41, 5.74) is 0. The summed E-state index contributed by atoms with van der Waals surface area (Å²) < 4.78 is 7.06. The van der Waals surface area contributed by atoms with Crippen LogP contribution < -0.4 is 5.32 Å². The molecule has 2 aliphatic rings. The Morgan fingerprint density at radius 3 is 2.57 bits per heavy atom. The van der Waals surface area contributed by atoms with Crippen molar-refractivity contribution in [2.45, 2.75) is 44.7 Å². The minimum absolute atomic E-state index is 0.0758. The predicted molar refractivity (Wildman–Crippen MR) is 108 cm³/mol. The summed E-state index contributed by atoms with van der Waals surface area (Å²) >= 11 is 0. The van der Waals surface area contributed by atoms with Crippen LogP contribution in [-0.2, 0) is 20.9 Å². The lowest BCUT2D eigenvalue weighted by Crippen LogP contribution is -2.51. The summed E-state index contributed by atoms with van der Waals surface area (Å²) in [7, 11) is 1.64. The van der Waals surface area contributed by atoms with Gasteiger partial charge in [0.15, 0.2) is 0 Å². The van der Waals surface area contributed by atoms with E-state index in [1.54, 1.807) is 7.11 Å². The molecule has 2 aliphatic heterocycles. The van der Waals surface area contributed by atoms with Crippen molar-refractivity contribution >= 4 is 11.8 Å². The highest BCUT2D eigenvalue weighted by Gasteiger charge is 2.32. The lowest BCUT2D eigenvalue weighted by Gasteiger charge is -2.42. The van der Waals surface area contributed by atoms with Crippen LogP contribution in [0.3, 0.4) is 0 Å². The maximum Gasteiger partial charge on any atom is 0.224 e. The minimum Gasteiger partial charge on any atom is -0.383 e. The van der Waals surface area contributed by atoms with Crippen LogP contribution in [0.1, 0.15) is 32.1 Å². The number of ether oxygens (including phenoxy) is 1. The molecule has 0 saturated carbocycles. The first kappa shape index (κ1) is 20.9. The zero-order valence-corrected chi connectivity index (χ0v) is 17.0. The molecule has 2 saturated heterocycles. The molecular weight excluding hydrogens is 356 g/mol. The molecule has 3 rings (SSSR count). The fourth-order valence-electron chi connectivity index (χ4n) is 4.36. The van der Waals surface area contributed by atoms with E-state index in [4.69, 9.17) is 4.74 Å². The maximum atomic E-state index is 12.5. The molecule has 2 amide bonds.